The summed E-state index contributed by atoms with van der Waals surface area (Å²) in [4.78, 5) is 0. The minimum atomic E-state index is -3.24. The molecule has 0 unspecified atom stereocenters. The van der Waals surface area contributed by atoms with Crippen LogP contribution in [-0.2, 0) is 16.6 Å². The zero-order valence-electron chi connectivity index (χ0n) is 16.6. The molecule has 0 aliphatic carbocycles. The van der Waals surface area contributed by atoms with Gasteiger partial charge in [-0.2, -0.15) is 5.26 Å². The van der Waals surface area contributed by atoms with Crippen molar-refractivity contribution in [2.45, 2.75) is 19.9 Å². The molecule has 2 aromatic carbocycles. The second kappa shape index (κ2) is 8.00. The molecule has 6 nitrogen and oxygen atoms in total. The third-order valence-electron chi connectivity index (χ3n) is 5.34. The number of aromatic nitrogens is 1. The molecular formula is C22H22FN3O3S. The molecule has 3 aromatic rings. The lowest BCUT2D eigenvalue weighted by atomic mass is 10.1. The van der Waals surface area contributed by atoms with Crippen molar-refractivity contribution in [3.8, 4) is 23.1 Å². The lowest BCUT2D eigenvalue weighted by Crippen LogP contribution is -2.24. The van der Waals surface area contributed by atoms with Crippen molar-refractivity contribution in [3.05, 3.63) is 48.0 Å². The highest BCUT2D eigenvalue weighted by molar-refractivity contribution is 7.93. The van der Waals surface area contributed by atoms with Crippen molar-refractivity contribution in [3.63, 3.8) is 0 Å². The number of halogens is 1. The minimum Gasteiger partial charge on any atom is -0.491 e. The quantitative estimate of drug-likeness (QED) is 0.594. The van der Waals surface area contributed by atoms with E-state index in [4.69, 9.17) is 4.74 Å². The summed E-state index contributed by atoms with van der Waals surface area (Å²) in [6.45, 7) is 2.52. The molecule has 0 bridgehead atoms. The number of anilines is 1. The number of fused-ring (bicyclic) bond motifs is 1. The Labute approximate surface area is 175 Å². The van der Waals surface area contributed by atoms with Crippen molar-refractivity contribution < 1.29 is 17.5 Å². The summed E-state index contributed by atoms with van der Waals surface area (Å²) in [7, 11) is -3.24. The molecule has 1 aromatic heterocycles. The van der Waals surface area contributed by atoms with E-state index in [0.29, 0.717) is 36.5 Å². The fourth-order valence-electron chi connectivity index (χ4n) is 4.03. The van der Waals surface area contributed by atoms with Gasteiger partial charge in [0.15, 0.2) is 0 Å². The van der Waals surface area contributed by atoms with E-state index in [1.165, 1.54) is 4.31 Å². The SMILES string of the molecule is CCn1c(-c2ccc(N3CCCS3(=O)=O)cc2)c(C#N)c2ccc(OCCF)cc21. The first-order valence-electron chi connectivity index (χ1n) is 9.86. The smallest absolute Gasteiger partial charge is 0.235 e. The van der Waals surface area contributed by atoms with Crippen LogP contribution in [0.5, 0.6) is 5.75 Å². The predicted molar refractivity (Wildman–Crippen MR) is 115 cm³/mol. The summed E-state index contributed by atoms with van der Waals surface area (Å²) in [5.41, 5.74) is 3.62. The van der Waals surface area contributed by atoms with Gasteiger partial charge in [-0.25, -0.2) is 12.8 Å². The Morgan fingerprint density at radius 2 is 1.97 bits per heavy atom. The van der Waals surface area contributed by atoms with Crippen LogP contribution in [0.25, 0.3) is 22.2 Å². The van der Waals surface area contributed by atoms with Crippen molar-refractivity contribution in [1.29, 1.82) is 5.26 Å². The second-order valence-electron chi connectivity index (χ2n) is 7.08. The van der Waals surface area contributed by atoms with Crippen molar-refractivity contribution >= 4 is 26.6 Å². The van der Waals surface area contributed by atoms with E-state index in [1.54, 1.807) is 18.2 Å². The van der Waals surface area contributed by atoms with Crippen LogP contribution < -0.4 is 9.04 Å². The van der Waals surface area contributed by atoms with Crippen LogP contribution in [0.1, 0.15) is 18.9 Å². The first-order chi connectivity index (χ1) is 14.5. The number of ether oxygens (including phenoxy) is 1. The fraction of sp³-hybridized carbons (Fsp3) is 0.318. The predicted octanol–water partition coefficient (Wildman–Crippen LogP) is 4.09. The lowest BCUT2D eigenvalue weighted by molar-refractivity contribution is 0.273. The summed E-state index contributed by atoms with van der Waals surface area (Å²) < 4.78 is 45.7. The lowest BCUT2D eigenvalue weighted by Gasteiger charge is -2.17. The summed E-state index contributed by atoms with van der Waals surface area (Å²) >= 11 is 0. The molecule has 0 spiro atoms. The van der Waals surface area contributed by atoms with Crippen LogP contribution in [-0.4, -0.2) is 38.6 Å². The number of rotatable bonds is 6. The average molecular weight is 428 g/mol. The fourth-order valence-corrected chi connectivity index (χ4v) is 5.60. The Morgan fingerprint density at radius 1 is 1.20 bits per heavy atom. The van der Waals surface area contributed by atoms with Crippen molar-refractivity contribution in [2.75, 3.05) is 29.9 Å². The second-order valence-corrected chi connectivity index (χ2v) is 9.10. The number of nitriles is 1. The summed E-state index contributed by atoms with van der Waals surface area (Å²) in [5, 5.41) is 10.7. The normalized spacial score (nSPS) is 15.4. The first kappa shape index (κ1) is 20.2. The summed E-state index contributed by atoms with van der Waals surface area (Å²) in [6, 6.07) is 15.0. The Kier molecular flexibility index (Phi) is 5.39. The van der Waals surface area contributed by atoms with Gasteiger partial charge < -0.3 is 9.30 Å². The molecule has 1 saturated heterocycles. The number of aryl methyl sites for hydroxylation is 1. The molecule has 0 amide bonds. The molecule has 0 N–H and O–H groups in total. The van der Waals surface area contributed by atoms with Gasteiger partial charge in [0.1, 0.15) is 25.1 Å². The Hall–Kier alpha value is -3.05. The largest absolute Gasteiger partial charge is 0.491 e. The average Bonchev–Trinajstić information content (AvgIpc) is 3.27. The van der Waals surface area contributed by atoms with E-state index in [9.17, 15) is 18.1 Å². The highest BCUT2D eigenvalue weighted by Crippen LogP contribution is 2.36. The molecule has 1 aliphatic heterocycles. The standard InChI is InChI=1S/C22H22FN3O3S/c1-2-25-21-14-18(29-12-10-23)8-9-19(21)20(15-24)22(25)16-4-6-17(7-5-16)26-11-3-13-30(26,27)28/h4-9,14H,2-3,10-13H2,1H3. The first-order valence-corrected chi connectivity index (χ1v) is 11.5. The van der Waals surface area contributed by atoms with Gasteiger partial charge >= 0.3 is 0 Å². The van der Waals surface area contributed by atoms with E-state index in [1.807, 2.05) is 35.8 Å². The maximum Gasteiger partial charge on any atom is 0.235 e. The Balaban J connectivity index is 1.81. The van der Waals surface area contributed by atoms with Crippen LogP contribution in [0, 0.1) is 11.3 Å². The van der Waals surface area contributed by atoms with E-state index in [2.05, 4.69) is 6.07 Å². The van der Waals surface area contributed by atoms with Gasteiger partial charge in [0.2, 0.25) is 10.0 Å². The molecule has 1 aliphatic rings. The number of benzene rings is 2. The number of nitrogens with zero attached hydrogens (tertiary/aromatic N) is 3. The maximum absolute atomic E-state index is 12.5. The van der Waals surface area contributed by atoms with Crippen LogP contribution in [0.15, 0.2) is 42.5 Å². The maximum atomic E-state index is 12.5. The molecule has 156 valence electrons. The topological polar surface area (TPSA) is 75.3 Å². The van der Waals surface area contributed by atoms with Crippen LogP contribution in [0.2, 0.25) is 0 Å². The van der Waals surface area contributed by atoms with Gasteiger partial charge in [0, 0.05) is 24.5 Å². The van der Waals surface area contributed by atoms with Gasteiger partial charge in [0.05, 0.1) is 28.2 Å². The molecule has 4 rings (SSSR count). The number of hydrogen-bond acceptors (Lipinski definition) is 4. The molecule has 0 saturated carbocycles. The molecular weight excluding hydrogens is 405 g/mol. The number of sulfonamides is 1. The Morgan fingerprint density at radius 3 is 2.57 bits per heavy atom. The van der Waals surface area contributed by atoms with Gasteiger partial charge in [-0.1, -0.05) is 12.1 Å². The Bertz CT molecular complexity index is 1230. The van der Waals surface area contributed by atoms with E-state index < -0.39 is 16.7 Å². The van der Waals surface area contributed by atoms with Gasteiger partial charge in [-0.3, -0.25) is 4.31 Å². The van der Waals surface area contributed by atoms with Crippen LogP contribution >= 0.6 is 0 Å². The highest BCUT2D eigenvalue weighted by Gasteiger charge is 2.28. The molecule has 2 heterocycles. The van der Waals surface area contributed by atoms with Crippen LogP contribution in [0.4, 0.5) is 10.1 Å². The third kappa shape index (κ3) is 3.39. The molecule has 0 atom stereocenters. The summed E-state index contributed by atoms with van der Waals surface area (Å²) in [6.07, 6.45) is 0.625. The monoisotopic (exact) mass is 427 g/mol. The minimum absolute atomic E-state index is 0.0167. The van der Waals surface area contributed by atoms with Crippen molar-refractivity contribution in [2.24, 2.45) is 0 Å². The molecule has 30 heavy (non-hydrogen) atoms. The van der Waals surface area contributed by atoms with Gasteiger partial charge in [-0.05, 0) is 43.2 Å². The van der Waals surface area contributed by atoms with Gasteiger partial charge in [0.25, 0.3) is 0 Å². The van der Waals surface area contributed by atoms with E-state index in [-0.39, 0.29) is 12.4 Å². The zero-order chi connectivity index (χ0) is 21.3. The van der Waals surface area contributed by atoms with Gasteiger partial charge in [-0.15, -0.1) is 0 Å². The highest BCUT2D eigenvalue weighted by atomic mass is 32.2. The summed E-state index contributed by atoms with van der Waals surface area (Å²) in [5.74, 6) is 0.725. The third-order valence-corrected chi connectivity index (χ3v) is 7.21. The molecule has 1 fully saturated rings. The molecule has 8 heteroatoms. The zero-order valence-corrected chi connectivity index (χ0v) is 17.5. The van der Waals surface area contributed by atoms with E-state index >= 15 is 0 Å². The molecule has 0 radical (unpaired) electrons. The van der Waals surface area contributed by atoms with Crippen molar-refractivity contribution in [1.82, 2.24) is 4.57 Å². The number of alkyl halides is 1. The number of hydrogen-bond donors (Lipinski definition) is 0. The van der Waals surface area contributed by atoms with Crippen LogP contribution in [0.3, 0.4) is 0 Å². The van der Waals surface area contributed by atoms with E-state index in [0.717, 1.165) is 22.2 Å².